The van der Waals surface area contributed by atoms with Crippen molar-refractivity contribution >= 4 is 5.97 Å². The number of carbonyl (C=O) groups is 1. The quantitative estimate of drug-likeness (QED) is 0.813. The van der Waals surface area contributed by atoms with Crippen molar-refractivity contribution < 1.29 is 32.6 Å². The Hall–Kier alpha value is -1.79. The average Bonchev–Trinajstić information content (AvgIpc) is 2.13. The molecule has 0 spiro atoms. The molecule has 1 aromatic carbocycles. The van der Waals surface area contributed by atoms with E-state index in [-0.39, 0.29) is 0 Å². The smallest absolute Gasteiger partial charge is 0.396 e. The number of phenols is 1. The summed E-state index contributed by atoms with van der Waals surface area (Å²) >= 11 is 0. The predicted molar refractivity (Wildman–Crippen MR) is 49.1 cm³/mol. The highest BCUT2D eigenvalue weighted by Gasteiger charge is 2.43. The van der Waals surface area contributed by atoms with E-state index in [1.165, 1.54) is 0 Å². The molecular weight excluding hydrogens is 244 g/mol. The molecule has 3 nitrogen and oxygen atoms in total. The van der Waals surface area contributed by atoms with Crippen molar-refractivity contribution in [2.75, 3.05) is 0 Å². The molecule has 17 heavy (non-hydrogen) atoms. The number of alkyl halides is 3. The van der Waals surface area contributed by atoms with Crippen LogP contribution < -0.4 is 0 Å². The number of carboxylic acid groups (broad SMARTS) is 1. The molecule has 2 N–H and O–H groups in total. The van der Waals surface area contributed by atoms with Gasteiger partial charge < -0.3 is 10.2 Å². The zero-order valence-electron chi connectivity index (χ0n) is 8.33. The van der Waals surface area contributed by atoms with Gasteiger partial charge in [0.15, 0.2) is 0 Å². The Balaban J connectivity index is 3.17. The number of phenolic OH excluding ortho intramolecular Hbond substituents is 1. The summed E-state index contributed by atoms with van der Waals surface area (Å²) in [6.07, 6.45) is -6.12. The first-order valence-electron chi connectivity index (χ1n) is 4.48. The van der Waals surface area contributed by atoms with E-state index < -0.39 is 41.6 Å². The molecule has 0 radical (unpaired) electrons. The van der Waals surface area contributed by atoms with Crippen LogP contribution in [0.2, 0.25) is 0 Å². The summed E-state index contributed by atoms with van der Waals surface area (Å²) in [6.45, 7) is 0. The van der Waals surface area contributed by atoms with Crippen LogP contribution in [0.15, 0.2) is 18.2 Å². The molecule has 0 aliphatic heterocycles. The van der Waals surface area contributed by atoms with E-state index in [2.05, 4.69) is 0 Å². The maximum absolute atomic E-state index is 13.2. The lowest BCUT2D eigenvalue weighted by Crippen LogP contribution is -2.24. The topological polar surface area (TPSA) is 57.5 Å². The van der Waals surface area contributed by atoms with E-state index in [9.17, 15) is 22.4 Å². The van der Waals surface area contributed by atoms with Crippen molar-refractivity contribution in [3.05, 3.63) is 29.6 Å². The first-order chi connectivity index (χ1) is 7.71. The molecule has 0 saturated carbocycles. The second-order valence-corrected chi connectivity index (χ2v) is 3.40. The summed E-state index contributed by atoms with van der Waals surface area (Å²) in [6, 6.07) is 2.11. The van der Waals surface area contributed by atoms with E-state index in [1.54, 1.807) is 0 Å². The van der Waals surface area contributed by atoms with Gasteiger partial charge in [0.25, 0.3) is 0 Å². The summed E-state index contributed by atoms with van der Waals surface area (Å²) in [7, 11) is 0. The lowest BCUT2D eigenvalue weighted by atomic mass is 9.94. The Kier molecular flexibility index (Phi) is 3.59. The van der Waals surface area contributed by atoms with Crippen LogP contribution >= 0.6 is 0 Å². The third-order valence-corrected chi connectivity index (χ3v) is 2.13. The van der Waals surface area contributed by atoms with E-state index in [4.69, 9.17) is 10.2 Å². The molecule has 0 aliphatic carbocycles. The molecule has 0 aliphatic rings. The highest BCUT2D eigenvalue weighted by atomic mass is 19.4. The summed E-state index contributed by atoms with van der Waals surface area (Å²) in [5, 5.41) is 17.2. The maximum atomic E-state index is 13.2. The van der Waals surface area contributed by atoms with Crippen LogP contribution in [0.5, 0.6) is 5.75 Å². The number of halogens is 4. The summed E-state index contributed by atoms with van der Waals surface area (Å²) in [4.78, 5) is 10.3. The summed E-state index contributed by atoms with van der Waals surface area (Å²) in [5.74, 6) is -5.92. The minimum atomic E-state index is -4.86. The largest absolute Gasteiger partial charge is 0.508 e. The second kappa shape index (κ2) is 4.60. The highest BCUT2D eigenvalue weighted by molar-refractivity contribution is 5.68. The molecule has 1 rings (SSSR count). The van der Waals surface area contributed by atoms with Gasteiger partial charge in [-0.3, -0.25) is 4.79 Å². The zero-order valence-corrected chi connectivity index (χ0v) is 8.33. The monoisotopic (exact) mass is 252 g/mol. The lowest BCUT2D eigenvalue weighted by Gasteiger charge is -2.19. The van der Waals surface area contributed by atoms with Crippen LogP contribution in [-0.2, 0) is 4.79 Å². The van der Waals surface area contributed by atoms with Crippen molar-refractivity contribution in [3.63, 3.8) is 0 Å². The van der Waals surface area contributed by atoms with Gasteiger partial charge in [0, 0.05) is 11.6 Å². The fraction of sp³-hybridized carbons (Fsp3) is 0.300. The molecule has 1 atom stereocenters. The van der Waals surface area contributed by atoms with Crippen LogP contribution in [0.4, 0.5) is 17.6 Å². The van der Waals surface area contributed by atoms with Crippen LogP contribution in [0.25, 0.3) is 0 Å². The van der Waals surface area contributed by atoms with Crippen LogP contribution in [0.3, 0.4) is 0 Å². The first kappa shape index (κ1) is 13.3. The van der Waals surface area contributed by atoms with Gasteiger partial charge in [-0.1, -0.05) is 6.07 Å². The molecule has 0 fully saturated rings. The molecule has 0 aromatic heterocycles. The normalized spacial score (nSPS) is 13.4. The lowest BCUT2D eigenvalue weighted by molar-refractivity contribution is -0.163. The Bertz CT molecular complexity index is 428. The van der Waals surface area contributed by atoms with Crippen molar-refractivity contribution in [1.29, 1.82) is 0 Å². The first-order valence-corrected chi connectivity index (χ1v) is 4.48. The number of benzene rings is 1. The molecule has 0 saturated heterocycles. The van der Waals surface area contributed by atoms with Gasteiger partial charge in [-0.25, -0.2) is 4.39 Å². The van der Waals surface area contributed by atoms with Gasteiger partial charge >= 0.3 is 12.1 Å². The maximum Gasteiger partial charge on any atom is 0.396 e. The second-order valence-electron chi connectivity index (χ2n) is 3.40. The van der Waals surface area contributed by atoms with Crippen LogP contribution in [0, 0.1) is 5.82 Å². The SMILES string of the molecule is O=C(O)CC(c1ccc(O)cc1F)C(F)(F)F. The average molecular weight is 252 g/mol. The standard InChI is InChI=1S/C10H8F4O3/c11-8-3-5(15)1-2-6(8)7(4-9(16)17)10(12,13)14/h1-3,7,15H,4H2,(H,16,17). The minimum absolute atomic E-state index is 0.510. The van der Waals surface area contributed by atoms with Gasteiger partial charge in [-0.05, 0) is 6.07 Å². The van der Waals surface area contributed by atoms with Gasteiger partial charge in [0.05, 0.1) is 12.3 Å². The molecule has 0 amide bonds. The number of aliphatic carboxylic acids is 1. The Labute approximate surface area is 93.3 Å². The van der Waals surface area contributed by atoms with Crippen molar-refractivity contribution in [2.24, 2.45) is 0 Å². The number of hydrogen-bond acceptors (Lipinski definition) is 2. The number of carboxylic acids is 1. The number of aromatic hydroxyl groups is 1. The van der Waals surface area contributed by atoms with Gasteiger partial charge in [0.1, 0.15) is 11.6 Å². The van der Waals surface area contributed by atoms with E-state index in [1.807, 2.05) is 0 Å². The third kappa shape index (κ3) is 3.33. The van der Waals surface area contributed by atoms with E-state index >= 15 is 0 Å². The van der Waals surface area contributed by atoms with Gasteiger partial charge in [0.2, 0.25) is 0 Å². The molecular formula is C10H8F4O3. The molecule has 0 heterocycles. The highest BCUT2D eigenvalue weighted by Crippen LogP contribution is 2.39. The third-order valence-electron chi connectivity index (χ3n) is 2.13. The molecule has 0 bridgehead atoms. The molecule has 7 heteroatoms. The molecule has 1 unspecified atom stereocenters. The number of hydrogen-bond donors (Lipinski definition) is 2. The van der Waals surface area contributed by atoms with Crippen molar-refractivity contribution in [1.82, 2.24) is 0 Å². The fourth-order valence-corrected chi connectivity index (χ4v) is 1.38. The summed E-state index contributed by atoms with van der Waals surface area (Å²) in [5.41, 5.74) is -0.794. The predicted octanol–water partition coefficient (Wildman–Crippen LogP) is 2.65. The Morgan fingerprint density at radius 1 is 1.35 bits per heavy atom. The number of rotatable bonds is 3. The van der Waals surface area contributed by atoms with Gasteiger partial charge in [-0.15, -0.1) is 0 Å². The van der Waals surface area contributed by atoms with Gasteiger partial charge in [-0.2, -0.15) is 13.2 Å². The summed E-state index contributed by atoms with van der Waals surface area (Å²) < 4.78 is 50.9. The molecule has 1 aromatic rings. The van der Waals surface area contributed by atoms with Crippen molar-refractivity contribution in [3.8, 4) is 5.75 Å². The fourth-order valence-electron chi connectivity index (χ4n) is 1.38. The Morgan fingerprint density at radius 3 is 2.35 bits per heavy atom. The van der Waals surface area contributed by atoms with Crippen molar-refractivity contribution in [2.45, 2.75) is 18.5 Å². The Morgan fingerprint density at radius 2 is 1.94 bits per heavy atom. The molecule has 94 valence electrons. The zero-order chi connectivity index (χ0) is 13.2. The van der Waals surface area contributed by atoms with Crippen LogP contribution in [-0.4, -0.2) is 22.4 Å². The van der Waals surface area contributed by atoms with E-state index in [0.29, 0.717) is 6.07 Å². The van der Waals surface area contributed by atoms with Crippen LogP contribution in [0.1, 0.15) is 17.9 Å². The van der Waals surface area contributed by atoms with E-state index in [0.717, 1.165) is 12.1 Å². The minimum Gasteiger partial charge on any atom is -0.508 e.